The summed E-state index contributed by atoms with van der Waals surface area (Å²) in [6, 6.07) is 7.38. The maximum absolute atomic E-state index is 3.50. The van der Waals surface area contributed by atoms with Crippen LogP contribution in [-0.4, -0.2) is 13.1 Å². The van der Waals surface area contributed by atoms with Crippen LogP contribution in [0.2, 0.25) is 0 Å². The molecule has 0 fully saturated rings. The minimum absolute atomic E-state index is 0.602. The SMILES string of the molecule is CCC(CC)C(Cc1cc(C)ccc1C)NC. The highest BCUT2D eigenvalue weighted by atomic mass is 14.9. The molecule has 0 saturated carbocycles. The van der Waals surface area contributed by atoms with Crippen LogP contribution in [0.4, 0.5) is 0 Å². The number of nitrogens with one attached hydrogen (secondary N) is 1. The Bertz CT molecular complexity index is 339. The molecular formula is C16H27N. The standard InChI is InChI=1S/C16H27N/c1-6-14(7-2)16(17-5)11-15-10-12(3)8-9-13(15)4/h8-10,14,16-17H,6-7,11H2,1-5H3. The largest absolute Gasteiger partial charge is 0.316 e. The van der Waals surface area contributed by atoms with Crippen LogP contribution in [-0.2, 0) is 6.42 Å². The summed E-state index contributed by atoms with van der Waals surface area (Å²) < 4.78 is 0. The fourth-order valence-electron chi connectivity index (χ4n) is 2.62. The zero-order chi connectivity index (χ0) is 12.8. The van der Waals surface area contributed by atoms with E-state index in [-0.39, 0.29) is 0 Å². The molecule has 0 aliphatic heterocycles. The molecule has 0 saturated heterocycles. The van der Waals surface area contributed by atoms with Crippen molar-refractivity contribution < 1.29 is 0 Å². The van der Waals surface area contributed by atoms with Crippen molar-refractivity contribution in [1.29, 1.82) is 0 Å². The van der Waals surface area contributed by atoms with Crippen LogP contribution >= 0.6 is 0 Å². The summed E-state index contributed by atoms with van der Waals surface area (Å²) >= 11 is 0. The number of hydrogen-bond donors (Lipinski definition) is 1. The Hall–Kier alpha value is -0.820. The first kappa shape index (κ1) is 14.2. The number of benzene rings is 1. The van der Waals surface area contributed by atoms with Crippen molar-refractivity contribution in [2.45, 2.75) is 53.0 Å². The fraction of sp³-hybridized carbons (Fsp3) is 0.625. The molecule has 1 unspecified atom stereocenters. The number of likely N-dealkylation sites (N-methyl/N-ethyl adjacent to an activating group) is 1. The predicted molar refractivity (Wildman–Crippen MR) is 76.5 cm³/mol. The van der Waals surface area contributed by atoms with Crippen molar-refractivity contribution in [3.63, 3.8) is 0 Å². The minimum atomic E-state index is 0.602. The third-order valence-electron chi connectivity index (χ3n) is 3.93. The Labute approximate surface area is 107 Å². The normalized spacial score (nSPS) is 13.1. The van der Waals surface area contributed by atoms with Crippen LogP contribution in [0.15, 0.2) is 18.2 Å². The molecule has 1 aromatic carbocycles. The van der Waals surface area contributed by atoms with E-state index >= 15 is 0 Å². The third kappa shape index (κ3) is 3.85. The van der Waals surface area contributed by atoms with Gasteiger partial charge in [0.05, 0.1) is 0 Å². The highest BCUT2D eigenvalue weighted by molar-refractivity contribution is 5.31. The van der Waals surface area contributed by atoms with Gasteiger partial charge in [-0.15, -0.1) is 0 Å². The van der Waals surface area contributed by atoms with Gasteiger partial charge in [0.1, 0.15) is 0 Å². The van der Waals surface area contributed by atoms with Crippen LogP contribution in [0.5, 0.6) is 0 Å². The van der Waals surface area contributed by atoms with Crippen molar-refractivity contribution in [3.05, 3.63) is 34.9 Å². The van der Waals surface area contributed by atoms with Gasteiger partial charge in [0, 0.05) is 6.04 Å². The van der Waals surface area contributed by atoms with Crippen LogP contribution in [0.3, 0.4) is 0 Å². The van der Waals surface area contributed by atoms with Gasteiger partial charge in [-0.05, 0) is 44.4 Å². The monoisotopic (exact) mass is 233 g/mol. The van der Waals surface area contributed by atoms with Gasteiger partial charge in [0.2, 0.25) is 0 Å². The summed E-state index contributed by atoms with van der Waals surface area (Å²) in [6.07, 6.45) is 3.66. The van der Waals surface area contributed by atoms with E-state index in [0.717, 1.165) is 12.3 Å². The zero-order valence-corrected chi connectivity index (χ0v) is 12.0. The maximum atomic E-state index is 3.50. The van der Waals surface area contributed by atoms with Gasteiger partial charge in [-0.25, -0.2) is 0 Å². The molecule has 0 heterocycles. The molecule has 0 bridgehead atoms. The van der Waals surface area contributed by atoms with Gasteiger partial charge < -0.3 is 5.32 Å². The molecule has 1 nitrogen and oxygen atoms in total. The smallest absolute Gasteiger partial charge is 0.0133 e. The molecule has 0 aromatic heterocycles. The van der Waals surface area contributed by atoms with Crippen molar-refractivity contribution in [1.82, 2.24) is 5.32 Å². The van der Waals surface area contributed by atoms with Crippen LogP contribution in [0.1, 0.15) is 43.4 Å². The van der Waals surface area contributed by atoms with Crippen molar-refractivity contribution in [2.75, 3.05) is 7.05 Å². The van der Waals surface area contributed by atoms with E-state index < -0.39 is 0 Å². The van der Waals surface area contributed by atoms with Crippen molar-refractivity contribution in [3.8, 4) is 0 Å². The Kier molecular flexibility index (Phi) is 5.70. The van der Waals surface area contributed by atoms with E-state index in [1.165, 1.54) is 29.5 Å². The third-order valence-corrected chi connectivity index (χ3v) is 3.93. The molecule has 0 aliphatic rings. The first-order valence-electron chi connectivity index (χ1n) is 6.85. The Morgan fingerprint density at radius 3 is 2.29 bits per heavy atom. The van der Waals surface area contributed by atoms with E-state index in [0.29, 0.717) is 6.04 Å². The molecule has 17 heavy (non-hydrogen) atoms. The highest BCUT2D eigenvalue weighted by Gasteiger charge is 2.17. The summed E-state index contributed by atoms with van der Waals surface area (Å²) in [4.78, 5) is 0. The zero-order valence-electron chi connectivity index (χ0n) is 12.0. The lowest BCUT2D eigenvalue weighted by atomic mass is 9.88. The number of rotatable bonds is 6. The molecule has 0 radical (unpaired) electrons. The van der Waals surface area contributed by atoms with Crippen molar-refractivity contribution in [2.24, 2.45) is 5.92 Å². The molecule has 1 aromatic rings. The topological polar surface area (TPSA) is 12.0 Å². The van der Waals surface area contributed by atoms with Gasteiger partial charge in [-0.2, -0.15) is 0 Å². The lowest BCUT2D eigenvalue weighted by molar-refractivity contribution is 0.349. The van der Waals surface area contributed by atoms with E-state index in [1.807, 2.05) is 0 Å². The molecule has 1 atom stereocenters. The second kappa shape index (κ2) is 6.80. The van der Waals surface area contributed by atoms with E-state index in [2.05, 4.69) is 58.3 Å². The lowest BCUT2D eigenvalue weighted by Crippen LogP contribution is -2.35. The molecule has 0 spiro atoms. The van der Waals surface area contributed by atoms with Gasteiger partial charge >= 0.3 is 0 Å². The van der Waals surface area contributed by atoms with Gasteiger partial charge in [0.25, 0.3) is 0 Å². The maximum Gasteiger partial charge on any atom is 0.0133 e. The molecule has 1 heteroatoms. The molecule has 96 valence electrons. The van der Waals surface area contributed by atoms with Gasteiger partial charge in [0.15, 0.2) is 0 Å². The predicted octanol–water partition coefficient (Wildman–Crippen LogP) is 3.87. The summed E-state index contributed by atoms with van der Waals surface area (Å²) in [5, 5.41) is 3.50. The Morgan fingerprint density at radius 1 is 1.12 bits per heavy atom. The van der Waals surface area contributed by atoms with Crippen molar-refractivity contribution >= 4 is 0 Å². The minimum Gasteiger partial charge on any atom is -0.316 e. The first-order valence-corrected chi connectivity index (χ1v) is 6.85. The number of hydrogen-bond acceptors (Lipinski definition) is 1. The summed E-state index contributed by atoms with van der Waals surface area (Å²) in [5.74, 6) is 0.778. The Balaban J connectivity index is 2.83. The van der Waals surface area contributed by atoms with E-state index in [1.54, 1.807) is 0 Å². The van der Waals surface area contributed by atoms with Gasteiger partial charge in [-0.1, -0.05) is 50.5 Å². The Morgan fingerprint density at radius 2 is 1.76 bits per heavy atom. The number of aryl methyl sites for hydroxylation is 2. The van der Waals surface area contributed by atoms with E-state index in [9.17, 15) is 0 Å². The quantitative estimate of drug-likeness (QED) is 0.786. The van der Waals surface area contributed by atoms with E-state index in [4.69, 9.17) is 0 Å². The average molecular weight is 233 g/mol. The molecule has 1 rings (SSSR count). The van der Waals surface area contributed by atoms with Crippen LogP contribution in [0.25, 0.3) is 0 Å². The highest BCUT2D eigenvalue weighted by Crippen LogP contribution is 2.20. The average Bonchev–Trinajstić information content (AvgIpc) is 2.33. The lowest BCUT2D eigenvalue weighted by Gasteiger charge is -2.25. The molecule has 1 N–H and O–H groups in total. The summed E-state index contributed by atoms with van der Waals surface area (Å²) in [5.41, 5.74) is 4.28. The first-order chi connectivity index (χ1) is 8.12. The second-order valence-electron chi connectivity index (χ2n) is 5.11. The van der Waals surface area contributed by atoms with Gasteiger partial charge in [-0.3, -0.25) is 0 Å². The molecular weight excluding hydrogens is 206 g/mol. The molecule has 0 aliphatic carbocycles. The fourth-order valence-corrected chi connectivity index (χ4v) is 2.62. The van der Waals surface area contributed by atoms with Crippen LogP contribution < -0.4 is 5.32 Å². The summed E-state index contributed by atoms with van der Waals surface area (Å²) in [6.45, 7) is 8.98. The molecule has 0 amide bonds. The summed E-state index contributed by atoms with van der Waals surface area (Å²) in [7, 11) is 2.09. The second-order valence-corrected chi connectivity index (χ2v) is 5.11. The van der Waals surface area contributed by atoms with Crippen LogP contribution in [0, 0.1) is 19.8 Å².